The van der Waals surface area contributed by atoms with Gasteiger partial charge in [-0.15, -0.1) is 11.8 Å². The molecule has 1 unspecified atom stereocenters. The van der Waals surface area contributed by atoms with Gasteiger partial charge in [0, 0.05) is 27.1 Å². The minimum absolute atomic E-state index is 0.149. The van der Waals surface area contributed by atoms with Crippen LogP contribution in [0.2, 0.25) is 10.0 Å². The van der Waals surface area contributed by atoms with Crippen LogP contribution in [-0.2, 0) is 4.79 Å². The predicted octanol–water partition coefficient (Wildman–Crippen LogP) is 6.33. The van der Waals surface area contributed by atoms with Crippen LogP contribution in [0, 0.1) is 0 Å². The third kappa shape index (κ3) is 6.85. The molecule has 0 fully saturated rings. The van der Waals surface area contributed by atoms with Gasteiger partial charge in [-0.2, -0.15) is 9.36 Å². The Morgan fingerprint density at radius 2 is 1.87 bits per heavy atom. The maximum Gasteiger partial charge on any atom is 0.257 e. The van der Waals surface area contributed by atoms with Gasteiger partial charge in [-0.05, 0) is 55.1 Å². The first-order chi connectivity index (χ1) is 14.9. The number of rotatable bonds is 8. The van der Waals surface area contributed by atoms with Gasteiger partial charge in [0.15, 0.2) is 0 Å². The summed E-state index contributed by atoms with van der Waals surface area (Å²) in [5, 5.41) is 7.17. The van der Waals surface area contributed by atoms with Crippen molar-refractivity contribution in [1.29, 1.82) is 0 Å². The maximum atomic E-state index is 12.4. The van der Waals surface area contributed by atoms with Crippen molar-refractivity contribution in [3.63, 3.8) is 0 Å². The fraction of sp³-hybridized carbons (Fsp3) is 0.200. The van der Waals surface area contributed by atoms with E-state index in [9.17, 15) is 9.59 Å². The summed E-state index contributed by atoms with van der Waals surface area (Å²) in [6, 6.07) is 11.9. The van der Waals surface area contributed by atoms with E-state index < -0.39 is 0 Å². The van der Waals surface area contributed by atoms with Gasteiger partial charge in [-0.25, -0.2) is 0 Å². The van der Waals surface area contributed by atoms with E-state index >= 15 is 0 Å². The molecule has 0 aliphatic rings. The van der Waals surface area contributed by atoms with Gasteiger partial charge in [-0.1, -0.05) is 41.9 Å². The van der Waals surface area contributed by atoms with Gasteiger partial charge in [0.1, 0.15) is 0 Å². The molecule has 2 aromatic carbocycles. The summed E-state index contributed by atoms with van der Waals surface area (Å²) in [7, 11) is 0. The van der Waals surface area contributed by atoms with E-state index in [1.807, 2.05) is 26.0 Å². The second-order valence-electron chi connectivity index (χ2n) is 6.17. The molecule has 2 N–H and O–H groups in total. The lowest BCUT2D eigenvalue weighted by Crippen LogP contribution is -2.22. The molecule has 1 aromatic heterocycles. The first-order valence-electron chi connectivity index (χ1n) is 9.16. The van der Waals surface area contributed by atoms with Crippen molar-refractivity contribution in [2.24, 2.45) is 0 Å². The lowest BCUT2D eigenvalue weighted by atomic mass is 10.2. The van der Waals surface area contributed by atoms with Gasteiger partial charge in [0.05, 0.1) is 15.8 Å². The van der Waals surface area contributed by atoms with Crippen molar-refractivity contribution >= 4 is 80.9 Å². The molecule has 0 spiro atoms. The van der Waals surface area contributed by atoms with Crippen molar-refractivity contribution in [3.05, 3.63) is 58.1 Å². The number of anilines is 2. The van der Waals surface area contributed by atoms with Crippen LogP contribution < -0.4 is 10.6 Å². The molecular weight excluding hydrogens is 495 g/mol. The minimum atomic E-state index is -0.334. The van der Waals surface area contributed by atoms with Gasteiger partial charge < -0.3 is 5.32 Å². The summed E-state index contributed by atoms with van der Waals surface area (Å²) < 4.78 is 4.19. The largest absolute Gasteiger partial charge is 0.322 e. The Kier molecular flexibility index (Phi) is 8.62. The fourth-order valence-corrected chi connectivity index (χ4v) is 5.04. The van der Waals surface area contributed by atoms with Crippen LogP contribution in [0.25, 0.3) is 0 Å². The minimum Gasteiger partial charge on any atom is -0.322 e. The van der Waals surface area contributed by atoms with E-state index in [4.69, 9.17) is 23.2 Å². The molecule has 6 nitrogen and oxygen atoms in total. The second-order valence-corrected chi connectivity index (χ2v) is 10.4. The fourth-order valence-electron chi connectivity index (χ4n) is 2.40. The highest BCUT2D eigenvalue weighted by atomic mass is 35.5. The highest BCUT2D eigenvalue weighted by molar-refractivity contribution is 8.00. The van der Waals surface area contributed by atoms with Crippen molar-refractivity contribution in [3.8, 4) is 0 Å². The summed E-state index contributed by atoms with van der Waals surface area (Å²) in [5.74, 6) is 0.399. The van der Waals surface area contributed by atoms with E-state index in [0.717, 1.165) is 10.6 Å². The van der Waals surface area contributed by atoms with Crippen LogP contribution >= 0.6 is 58.3 Å². The molecule has 31 heavy (non-hydrogen) atoms. The number of nitrogens with one attached hydrogen (secondary N) is 2. The molecule has 11 heteroatoms. The Morgan fingerprint density at radius 1 is 1.13 bits per heavy atom. The average Bonchev–Trinajstić information content (AvgIpc) is 3.16. The Hall–Kier alpha value is -1.78. The van der Waals surface area contributed by atoms with E-state index in [-0.39, 0.29) is 22.1 Å². The monoisotopic (exact) mass is 512 g/mol. The molecule has 0 saturated heterocycles. The van der Waals surface area contributed by atoms with Crippen molar-refractivity contribution in [1.82, 2.24) is 9.36 Å². The highest BCUT2D eigenvalue weighted by Crippen LogP contribution is 2.27. The quantitative estimate of drug-likeness (QED) is 0.343. The number of hydrogen-bond acceptors (Lipinski definition) is 7. The van der Waals surface area contributed by atoms with Crippen molar-refractivity contribution < 1.29 is 9.59 Å². The molecule has 1 heterocycles. The average molecular weight is 513 g/mol. The standard InChI is InChI=1S/C20H18Cl2N4O2S3/c1-3-29-20-25-19(31-26-20)24-17(27)11(2)30-14-7-5-13(6-8-14)23-18(28)15-9-4-12(21)10-16(15)22/h4-11H,3H2,1-2H3,(H,23,28)(H,24,25,26,27). The molecule has 0 bridgehead atoms. The summed E-state index contributed by atoms with van der Waals surface area (Å²) in [6.45, 7) is 3.84. The Labute approximate surface area is 202 Å². The molecule has 3 aromatic rings. The normalized spacial score (nSPS) is 11.7. The van der Waals surface area contributed by atoms with Crippen molar-refractivity contribution in [2.45, 2.75) is 29.1 Å². The lowest BCUT2D eigenvalue weighted by molar-refractivity contribution is -0.115. The number of aromatic nitrogens is 2. The second kappa shape index (κ2) is 11.2. The topological polar surface area (TPSA) is 84.0 Å². The summed E-state index contributed by atoms with van der Waals surface area (Å²) in [4.78, 5) is 30.0. The third-order valence-corrected chi connectivity index (χ3v) is 7.02. The highest BCUT2D eigenvalue weighted by Gasteiger charge is 2.17. The van der Waals surface area contributed by atoms with Gasteiger partial charge >= 0.3 is 0 Å². The number of halogens is 2. The van der Waals surface area contributed by atoms with Crippen LogP contribution in [-0.4, -0.2) is 32.2 Å². The number of carbonyl (C=O) groups is 2. The number of benzene rings is 2. The van der Waals surface area contributed by atoms with Crippen molar-refractivity contribution in [2.75, 3.05) is 16.4 Å². The zero-order valence-electron chi connectivity index (χ0n) is 16.5. The number of thioether (sulfide) groups is 2. The Bertz CT molecular complexity index is 1080. The van der Waals surface area contributed by atoms with Gasteiger partial charge in [-0.3, -0.25) is 14.9 Å². The predicted molar refractivity (Wildman–Crippen MR) is 131 cm³/mol. The molecule has 0 aliphatic carbocycles. The third-order valence-electron chi connectivity index (χ3n) is 3.88. The number of nitrogens with zero attached hydrogens (tertiary/aromatic N) is 2. The van der Waals surface area contributed by atoms with E-state index in [1.165, 1.54) is 41.1 Å². The Morgan fingerprint density at radius 3 is 2.55 bits per heavy atom. The summed E-state index contributed by atoms with van der Waals surface area (Å²) >= 11 is 16.1. The van der Waals surface area contributed by atoms with Crippen LogP contribution in [0.1, 0.15) is 24.2 Å². The first-order valence-corrected chi connectivity index (χ1v) is 12.6. The molecular formula is C20H18Cl2N4O2S3. The molecule has 0 radical (unpaired) electrons. The van der Waals surface area contributed by atoms with Crippen LogP contribution in [0.5, 0.6) is 0 Å². The lowest BCUT2D eigenvalue weighted by Gasteiger charge is -2.11. The number of amides is 2. The van der Waals surface area contributed by atoms with E-state index in [2.05, 4.69) is 20.0 Å². The first kappa shape index (κ1) is 23.9. The van der Waals surface area contributed by atoms with Crippen LogP contribution in [0.3, 0.4) is 0 Å². The summed E-state index contributed by atoms with van der Waals surface area (Å²) in [5.41, 5.74) is 0.958. The summed E-state index contributed by atoms with van der Waals surface area (Å²) in [6.07, 6.45) is 0. The van der Waals surface area contributed by atoms with E-state index in [1.54, 1.807) is 24.3 Å². The number of hydrogen-bond donors (Lipinski definition) is 2. The molecule has 3 rings (SSSR count). The maximum absolute atomic E-state index is 12.4. The van der Waals surface area contributed by atoms with Crippen LogP contribution in [0.4, 0.5) is 10.8 Å². The number of carbonyl (C=O) groups excluding carboxylic acids is 2. The van der Waals surface area contributed by atoms with Crippen LogP contribution in [0.15, 0.2) is 52.5 Å². The van der Waals surface area contributed by atoms with Gasteiger partial charge in [0.25, 0.3) is 5.91 Å². The molecule has 162 valence electrons. The molecule has 2 amide bonds. The Balaban J connectivity index is 1.55. The molecule has 1 atom stereocenters. The SMILES string of the molecule is CCSc1nsc(NC(=O)C(C)Sc2ccc(NC(=O)c3ccc(Cl)cc3Cl)cc2)n1. The molecule has 0 saturated carbocycles. The zero-order valence-corrected chi connectivity index (χ0v) is 20.5. The van der Waals surface area contributed by atoms with E-state index in [0.29, 0.717) is 26.6 Å². The van der Waals surface area contributed by atoms with Gasteiger partial charge in [0.2, 0.25) is 16.2 Å². The molecule has 0 aliphatic heterocycles. The smallest absolute Gasteiger partial charge is 0.257 e. The zero-order chi connectivity index (χ0) is 22.4.